The Morgan fingerprint density at radius 1 is 0.792 bits per heavy atom. The Morgan fingerprint density at radius 3 is 2.29 bits per heavy atom. The number of hydrogen-bond acceptors (Lipinski definition) is 3. The molecule has 0 amide bonds. The van der Waals surface area contributed by atoms with E-state index >= 15 is 0 Å². The van der Waals surface area contributed by atoms with Crippen LogP contribution in [0.25, 0.3) is 0 Å². The zero-order valence-corrected chi connectivity index (χ0v) is 15.8. The number of fused-ring (bicyclic) bond motifs is 1. The minimum absolute atomic E-state index is 0. The van der Waals surface area contributed by atoms with Crippen molar-refractivity contribution >= 4 is 0 Å². The van der Waals surface area contributed by atoms with Gasteiger partial charge in [-0.05, 0) is 38.5 Å². The summed E-state index contributed by atoms with van der Waals surface area (Å²) in [5.41, 5.74) is 0. The smallest absolute Gasteiger partial charge is 0.0949 e. The van der Waals surface area contributed by atoms with Gasteiger partial charge in [0.05, 0.1) is 24.7 Å². The van der Waals surface area contributed by atoms with Crippen LogP contribution in [-0.4, -0.2) is 35.7 Å². The van der Waals surface area contributed by atoms with Gasteiger partial charge in [0.2, 0.25) is 0 Å². The molecule has 3 saturated carbocycles. The maximum Gasteiger partial charge on any atom is 0.0949 e. The highest BCUT2D eigenvalue weighted by molar-refractivity contribution is 4.93. The average Bonchev–Trinajstić information content (AvgIpc) is 3.05. The van der Waals surface area contributed by atoms with Crippen molar-refractivity contribution in [1.82, 2.24) is 5.01 Å². The summed E-state index contributed by atoms with van der Waals surface area (Å²) in [6.07, 6.45) is 18.2. The average molecular weight is 355 g/mol. The first kappa shape index (κ1) is 18.4. The molecule has 4 aliphatic rings. The summed E-state index contributed by atoms with van der Waals surface area (Å²) in [6, 6.07) is 2.75. The van der Waals surface area contributed by atoms with Crippen molar-refractivity contribution in [3.05, 3.63) is 0 Å². The van der Waals surface area contributed by atoms with Gasteiger partial charge in [-0.1, -0.05) is 37.3 Å². The molecule has 138 valence electrons. The van der Waals surface area contributed by atoms with Gasteiger partial charge >= 0.3 is 0 Å². The summed E-state index contributed by atoms with van der Waals surface area (Å²) >= 11 is 0. The van der Waals surface area contributed by atoms with Crippen LogP contribution in [0.15, 0.2) is 10.3 Å². The Kier molecular flexibility index (Phi) is 6.79. The molecule has 0 aromatic rings. The van der Waals surface area contributed by atoms with E-state index in [4.69, 9.17) is 0 Å². The van der Waals surface area contributed by atoms with Crippen molar-refractivity contribution in [2.45, 2.75) is 108 Å². The Labute approximate surface area is 153 Å². The molecule has 24 heavy (non-hydrogen) atoms. The zero-order valence-electron chi connectivity index (χ0n) is 15.1. The third-order valence-electron chi connectivity index (χ3n) is 6.98. The van der Waals surface area contributed by atoms with E-state index in [1.54, 1.807) is 0 Å². The molecule has 5 heteroatoms. The third kappa shape index (κ3) is 4.24. The van der Waals surface area contributed by atoms with Gasteiger partial charge < -0.3 is 17.7 Å². The van der Waals surface area contributed by atoms with Gasteiger partial charge in [0, 0.05) is 24.8 Å². The standard InChI is InChI=1S/C19H34N4.ClH/c1-2-6-15(7-3-1)14-20-16-10-12-17(13-11-16)23-19-9-5-4-8-18(19)21-22-23;/h15-20H,1-14H2;1H. The minimum Gasteiger partial charge on any atom is -1.00 e. The molecule has 3 aliphatic carbocycles. The normalized spacial score (nSPS) is 37.1. The lowest BCUT2D eigenvalue weighted by molar-refractivity contribution is -0.697. The maximum absolute atomic E-state index is 4.60. The van der Waals surface area contributed by atoms with Crippen LogP contribution in [0.2, 0.25) is 0 Å². The summed E-state index contributed by atoms with van der Waals surface area (Å²) in [5.74, 6) is 1.01. The van der Waals surface area contributed by atoms with Crippen LogP contribution >= 0.6 is 0 Å². The first-order valence-corrected chi connectivity index (χ1v) is 10.4. The molecule has 2 N–H and O–H groups in total. The van der Waals surface area contributed by atoms with E-state index in [0.717, 1.165) is 12.0 Å². The largest absolute Gasteiger partial charge is 1.00 e. The molecule has 1 heterocycles. The molecule has 0 saturated heterocycles. The molecule has 2 atom stereocenters. The topological polar surface area (TPSA) is 44.6 Å². The first-order valence-electron chi connectivity index (χ1n) is 10.4. The van der Waals surface area contributed by atoms with E-state index in [0.29, 0.717) is 18.1 Å². The van der Waals surface area contributed by atoms with Crippen LogP contribution in [0, 0.1) is 5.92 Å². The predicted octanol–water partition coefficient (Wildman–Crippen LogP) is 0.439. The van der Waals surface area contributed by atoms with Crippen molar-refractivity contribution in [2.24, 2.45) is 16.3 Å². The number of quaternary nitrogens is 1. The van der Waals surface area contributed by atoms with Crippen molar-refractivity contribution in [1.29, 1.82) is 0 Å². The van der Waals surface area contributed by atoms with Gasteiger partial charge in [0.1, 0.15) is 0 Å². The summed E-state index contributed by atoms with van der Waals surface area (Å²) in [4.78, 5) is 0. The Hall–Kier alpha value is -0.350. The van der Waals surface area contributed by atoms with Crippen LogP contribution in [0.3, 0.4) is 0 Å². The van der Waals surface area contributed by atoms with Crippen molar-refractivity contribution in [3.63, 3.8) is 0 Å². The lowest BCUT2D eigenvalue weighted by Gasteiger charge is -2.38. The summed E-state index contributed by atoms with van der Waals surface area (Å²) in [6.45, 7) is 1.39. The molecule has 4 nitrogen and oxygen atoms in total. The Balaban J connectivity index is 0.00000169. The molecule has 0 bridgehead atoms. The number of hydrogen-bond donors (Lipinski definition) is 1. The number of rotatable bonds is 4. The molecular formula is C19H35ClN4. The molecule has 2 unspecified atom stereocenters. The van der Waals surface area contributed by atoms with Crippen LogP contribution in [0.4, 0.5) is 0 Å². The predicted molar refractivity (Wildman–Crippen MR) is 92.2 cm³/mol. The minimum atomic E-state index is 0. The number of nitrogens with zero attached hydrogens (tertiary/aromatic N) is 3. The summed E-state index contributed by atoms with van der Waals surface area (Å²) in [7, 11) is 0. The van der Waals surface area contributed by atoms with Crippen LogP contribution < -0.4 is 17.7 Å². The van der Waals surface area contributed by atoms with E-state index in [1.807, 2.05) is 0 Å². The molecule has 0 radical (unpaired) electrons. The van der Waals surface area contributed by atoms with Crippen LogP contribution in [0.5, 0.6) is 0 Å². The second-order valence-corrected chi connectivity index (χ2v) is 8.55. The number of nitrogens with two attached hydrogens (primary N) is 1. The monoisotopic (exact) mass is 354 g/mol. The van der Waals surface area contributed by atoms with E-state index in [-0.39, 0.29) is 12.4 Å². The van der Waals surface area contributed by atoms with E-state index in [1.165, 1.54) is 90.0 Å². The summed E-state index contributed by atoms with van der Waals surface area (Å²) in [5, 5.41) is 14.3. The fraction of sp³-hybridized carbons (Fsp3) is 1.00. The SMILES string of the molecule is C1CCC(C[NH2+]C2CCC(N3N=NC4CCCCC43)CC2)CC1.[Cl-]. The van der Waals surface area contributed by atoms with Gasteiger partial charge in [0.25, 0.3) is 0 Å². The van der Waals surface area contributed by atoms with Gasteiger partial charge in [-0.15, -0.1) is 0 Å². The van der Waals surface area contributed by atoms with Crippen molar-refractivity contribution in [3.8, 4) is 0 Å². The van der Waals surface area contributed by atoms with Gasteiger partial charge in [-0.2, -0.15) is 5.11 Å². The molecule has 0 aromatic carbocycles. The van der Waals surface area contributed by atoms with Crippen molar-refractivity contribution < 1.29 is 17.7 Å². The lowest BCUT2D eigenvalue weighted by atomic mass is 9.85. The lowest BCUT2D eigenvalue weighted by Crippen LogP contribution is -3.00. The van der Waals surface area contributed by atoms with Crippen LogP contribution in [-0.2, 0) is 0 Å². The highest BCUT2D eigenvalue weighted by Crippen LogP contribution is 2.35. The second-order valence-electron chi connectivity index (χ2n) is 8.55. The molecule has 1 aliphatic heterocycles. The molecule has 3 fully saturated rings. The Bertz CT molecular complexity index is 402. The molecule has 4 rings (SSSR count). The van der Waals surface area contributed by atoms with E-state index < -0.39 is 0 Å². The first-order chi connectivity index (χ1) is 11.4. The molecule has 0 spiro atoms. The fourth-order valence-corrected chi connectivity index (χ4v) is 5.48. The maximum atomic E-state index is 4.60. The Morgan fingerprint density at radius 2 is 1.50 bits per heavy atom. The summed E-state index contributed by atoms with van der Waals surface area (Å²) < 4.78 is 0. The van der Waals surface area contributed by atoms with Gasteiger partial charge in [-0.3, -0.25) is 5.01 Å². The highest BCUT2D eigenvalue weighted by atomic mass is 35.5. The van der Waals surface area contributed by atoms with E-state index in [9.17, 15) is 0 Å². The van der Waals surface area contributed by atoms with Crippen LogP contribution in [0.1, 0.15) is 83.5 Å². The number of halogens is 1. The van der Waals surface area contributed by atoms with Gasteiger partial charge in [0.15, 0.2) is 0 Å². The fourth-order valence-electron chi connectivity index (χ4n) is 5.48. The molecular weight excluding hydrogens is 320 g/mol. The van der Waals surface area contributed by atoms with Crippen molar-refractivity contribution in [2.75, 3.05) is 6.54 Å². The highest BCUT2D eigenvalue weighted by Gasteiger charge is 2.39. The third-order valence-corrected chi connectivity index (χ3v) is 6.98. The zero-order chi connectivity index (χ0) is 15.5. The molecule has 0 aromatic heterocycles. The quantitative estimate of drug-likeness (QED) is 0.782. The second kappa shape index (κ2) is 8.84. The van der Waals surface area contributed by atoms with E-state index in [2.05, 4.69) is 20.7 Å². The van der Waals surface area contributed by atoms with Gasteiger partial charge in [-0.25, -0.2) is 0 Å².